The Bertz CT molecular complexity index is 941. The standard InChI is InChI=1S/C21H25N5O5/c1-3-14(11-18(28)29)23-17(27)12-26-21(31)16(20(30)25(26)2)9-8-15-7-6-13-5-4-10-22-19(13)24-15/h1,6-7,14,16H,4-5,8-12H2,2H3,(H,22,24)(H,23,27)(H,28,29). The molecule has 0 aliphatic carbocycles. The van der Waals surface area contributed by atoms with Crippen LogP contribution in [-0.4, -0.2) is 70.0 Å². The molecule has 10 nitrogen and oxygen atoms in total. The first-order valence-corrected chi connectivity index (χ1v) is 10.1. The van der Waals surface area contributed by atoms with Crippen molar-refractivity contribution in [3.05, 3.63) is 23.4 Å². The molecule has 0 saturated carbocycles. The fourth-order valence-electron chi connectivity index (χ4n) is 3.71. The van der Waals surface area contributed by atoms with Crippen LogP contribution in [0.2, 0.25) is 0 Å². The average Bonchev–Trinajstić information content (AvgIpc) is 2.94. The fourth-order valence-corrected chi connectivity index (χ4v) is 3.71. The number of hydrazine groups is 1. The molecular weight excluding hydrogens is 402 g/mol. The minimum Gasteiger partial charge on any atom is -0.481 e. The first-order chi connectivity index (χ1) is 14.8. The van der Waals surface area contributed by atoms with Gasteiger partial charge < -0.3 is 15.7 Å². The lowest BCUT2D eigenvalue weighted by Gasteiger charge is -2.23. The molecule has 2 aliphatic heterocycles. The van der Waals surface area contributed by atoms with Gasteiger partial charge >= 0.3 is 5.97 Å². The van der Waals surface area contributed by atoms with Gasteiger partial charge in [0, 0.05) is 19.3 Å². The lowest BCUT2D eigenvalue weighted by Crippen LogP contribution is -2.47. The third-order valence-corrected chi connectivity index (χ3v) is 5.38. The van der Waals surface area contributed by atoms with Gasteiger partial charge in [0.15, 0.2) is 0 Å². The smallest absolute Gasteiger partial charge is 0.306 e. The number of amides is 3. The number of anilines is 1. The van der Waals surface area contributed by atoms with Crippen molar-refractivity contribution in [2.24, 2.45) is 5.92 Å². The van der Waals surface area contributed by atoms with Gasteiger partial charge in [0.05, 0.1) is 6.42 Å². The van der Waals surface area contributed by atoms with Crippen molar-refractivity contribution >= 4 is 29.5 Å². The maximum Gasteiger partial charge on any atom is 0.306 e. The van der Waals surface area contributed by atoms with Crippen molar-refractivity contribution in [1.29, 1.82) is 0 Å². The lowest BCUT2D eigenvalue weighted by molar-refractivity contribution is -0.147. The van der Waals surface area contributed by atoms with Crippen LogP contribution in [0.1, 0.15) is 30.5 Å². The number of carboxylic acids is 1. The Kier molecular flexibility index (Phi) is 6.74. The molecule has 1 aromatic rings. The Morgan fingerprint density at radius 1 is 1.39 bits per heavy atom. The number of carbonyl (C=O) groups excluding carboxylic acids is 3. The Labute approximate surface area is 180 Å². The molecule has 1 fully saturated rings. The van der Waals surface area contributed by atoms with Crippen LogP contribution in [0.5, 0.6) is 0 Å². The number of nitrogens with one attached hydrogen (secondary N) is 2. The van der Waals surface area contributed by atoms with E-state index in [1.165, 1.54) is 7.05 Å². The number of aryl methyl sites for hydroxylation is 2. The molecule has 1 aromatic heterocycles. The summed E-state index contributed by atoms with van der Waals surface area (Å²) in [5.41, 5.74) is 1.95. The van der Waals surface area contributed by atoms with E-state index in [9.17, 15) is 19.2 Å². The molecule has 3 amide bonds. The van der Waals surface area contributed by atoms with Crippen molar-refractivity contribution < 1.29 is 24.3 Å². The lowest BCUT2D eigenvalue weighted by atomic mass is 10.00. The van der Waals surface area contributed by atoms with E-state index in [1.807, 2.05) is 12.1 Å². The van der Waals surface area contributed by atoms with Crippen molar-refractivity contribution in [2.75, 3.05) is 25.5 Å². The van der Waals surface area contributed by atoms with E-state index < -0.39 is 48.6 Å². The van der Waals surface area contributed by atoms with Gasteiger partial charge in [0.1, 0.15) is 24.3 Å². The molecule has 2 unspecified atom stereocenters. The second kappa shape index (κ2) is 9.47. The number of fused-ring (bicyclic) bond motifs is 1. The molecule has 0 radical (unpaired) electrons. The highest BCUT2D eigenvalue weighted by Crippen LogP contribution is 2.24. The minimum absolute atomic E-state index is 0.276. The second-order valence-corrected chi connectivity index (χ2v) is 7.57. The van der Waals surface area contributed by atoms with Gasteiger partial charge in [-0.15, -0.1) is 6.42 Å². The van der Waals surface area contributed by atoms with E-state index in [-0.39, 0.29) is 6.42 Å². The van der Waals surface area contributed by atoms with E-state index in [0.29, 0.717) is 6.42 Å². The molecule has 3 heterocycles. The molecule has 10 heteroatoms. The number of hydrogen-bond donors (Lipinski definition) is 3. The monoisotopic (exact) mass is 427 g/mol. The van der Waals surface area contributed by atoms with Crippen LogP contribution >= 0.6 is 0 Å². The normalized spacial score (nSPS) is 18.8. The summed E-state index contributed by atoms with van der Waals surface area (Å²) >= 11 is 0. The number of pyridine rings is 1. The van der Waals surface area contributed by atoms with Crippen LogP contribution in [-0.2, 0) is 32.0 Å². The zero-order valence-corrected chi connectivity index (χ0v) is 17.3. The van der Waals surface area contributed by atoms with E-state index in [4.69, 9.17) is 11.5 Å². The van der Waals surface area contributed by atoms with Crippen LogP contribution < -0.4 is 10.6 Å². The SMILES string of the molecule is C#CC(CC(=O)O)NC(=O)CN1C(=O)C(CCc2ccc3c(n2)NCCC3)C(=O)N1C. The first-order valence-electron chi connectivity index (χ1n) is 10.1. The minimum atomic E-state index is -1.15. The number of nitrogens with zero attached hydrogens (tertiary/aromatic N) is 3. The van der Waals surface area contributed by atoms with Gasteiger partial charge in [0.25, 0.3) is 11.8 Å². The van der Waals surface area contributed by atoms with Gasteiger partial charge in [0.2, 0.25) is 5.91 Å². The maximum atomic E-state index is 12.8. The summed E-state index contributed by atoms with van der Waals surface area (Å²) in [6.45, 7) is 0.453. The van der Waals surface area contributed by atoms with Crippen molar-refractivity contribution in [2.45, 2.75) is 38.1 Å². The molecule has 0 bridgehead atoms. The van der Waals surface area contributed by atoms with Crippen molar-refractivity contribution in [1.82, 2.24) is 20.3 Å². The third-order valence-electron chi connectivity index (χ3n) is 5.38. The predicted molar refractivity (Wildman–Crippen MR) is 110 cm³/mol. The van der Waals surface area contributed by atoms with Crippen LogP contribution in [0.3, 0.4) is 0 Å². The maximum absolute atomic E-state index is 12.8. The average molecular weight is 427 g/mol. The van der Waals surface area contributed by atoms with Crippen LogP contribution in [0.15, 0.2) is 12.1 Å². The predicted octanol–water partition coefficient (Wildman–Crippen LogP) is -0.203. The molecule has 31 heavy (non-hydrogen) atoms. The topological polar surface area (TPSA) is 132 Å². The van der Waals surface area contributed by atoms with E-state index in [1.54, 1.807) is 0 Å². The zero-order chi connectivity index (χ0) is 22.5. The highest BCUT2D eigenvalue weighted by Gasteiger charge is 2.44. The highest BCUT2D eigenvalue weighted by atomic mass is 16.4. The Hall–Kier alpha value is -3.61. The first kappa shape index (κ1) is 22.1. The number of aliphatic carboxylic acids is 1. The second-order valence-electron chi connectivity index (χ2n) is 7.57. The summed E-state index contributed by atoms with van der Waals surface area (Å²) in [6.07, 6.45) is 7.56. The molecule has 2 aliphatic rings. The fraction of sp³-hybridized carbons (Fsp3) is 0.476. The summed E-state index contributed by atoms with van der Waals surface area (Å²) in [5, 5.41) is 16.6. The van der Waals surface area contributed by atoms with Gasteiger partial charge in [-0.3, -0.25) is 24.2 Å². The Morgan fingerprint density at radius 2 is 2.16 bits per heavy atom. The van der Waals surface area contributed by atoms with E-state index >= 15 is 0 Å². The molecule has 3 rings (SSSR count). The third kappa shape index (κ3) is 5.12. The zero-order valence-electron chi connectivity index (χ0n) is 17.3. The Morgan fingerprint density at radius 3 is 2.87 bits per heavy atom. The van der Waals surface area contributed by atoms with Crippen molar-refractivity contribution in [3.8, 4) is 12.3 Å². The summed E-state index contributed by atoms with van der Waals surface area (Å²) in [5.74, 6) is -0.528. The van der Waals surface area contributed by atoms with Crippen molar-refractivity contribution in [3.63, 3.8) is 0 Å². The van der Waals surface area contributed by atoms with E-state index in [0.717, 1.165) is 46.5 Å². The molecule has 3 N–H and O–H groups in total. The molecule has 164 valence electrons. The van der Waals surface area contributed by atoms with Gasteiger partial charge in [-0.05, 0) is 37.3 Å². The van der Waals surface area contributed by atoms with Gasteiger partial charge in [-0.1, -0.05) is 12.0 Å². The number of aromatic nitrogens is 1. The largest absolute Gasteiger partial charge is 0.481 e. The number of carboxylic acid groups (broad SMARTS) is 1. The number of terminal acetylenes is 1. The summed E-state index contributed by atoms with van der Waals surface area (Å²) in [6, 6.07) is 2.93. The summed E-state index contributed by atoms with van der Waals surface area (Å²) in [7, 11) is 1.42. The van der Waals surface area contributed by atoms with Crippen LogP contribution in [0, 0.1) is 18.3 Å². The molecule has 2 atom stereocenters. The molecule has 0 spiro atoms. The summed E-state index contributed by atoms with van der Waals surface area (Å²) < 4.78 is 0. The molecule has 1 saturated heterocycles. The quantitative estimate of drug-likeness (QED) is 0.387. The van der Waals surface area contributed by atoms with Gasteiger partial charge in [-0.2, -0.15) is 0 Å². The molecular formula is C21H25N5O5. The van der Waals surface area contributed by atoms with Gasteiger partial charge in [-0.25, -0.2) is 9.99 Å². The van der Waals surface area contributed by atoms with E-state index in [2.05, 4.69) is 21.5 Å². The summed E-state index contributed by atoms with van der Waals surface area (Å²) in [4.78, 5) is 52.9. The van der Waals surface area contributed by atoms with Crippen LogP contribution in [0.4, 0.5) is 5.82 Å². The molecule has 0 aromatic carbocycles. The number of hydrogen-bond acceptors (Lipinski definition) is 6. The Balaban J connectivity index is 1.59. The number of rotatable bonds is 8. The highest BCUT2D eigenvalue weighted by molar-refractivity contribution is 6.06. The number of carbonyl (C=O) groups is 4. The van der Waals surface area contributed by atoms with Crippen LogP contribution in [0.25, 0.3) is 0 Å².